The van der Waals surface area contributed by atoms with Crippen LogP contribution in [0.4, 0.5) is 14.6 Å². The summed E-state index contributed by atoms with van der Waals surface area (Å²) in [6.07, 6.45) is 1.05. The van der Waals surface area contributed by atoms with E-state index in [-0.39, 0.29) is 36.5 Å². The number of carbonyl (C=O) groups is 1. The molecule has 0 aliphatic carbocycles. The van der Waals surface area contributed by atoms with Crippen molar-refractivity contribution < 1.29 is 18.3 Å². The molecule has 10 heteroatoms. The number of nitrogens with one attached hydrogen (secondary N) is 1. The number of carbonyl (C=O) groups excluding carboxylic acids is 1. The molecule has 8 nitrogen and oxygen atoms in total. The highest BCUT2D eigenvalue weighted by Crippen LogP contribution is 2.25. The normalized spacial score (nSPS) is 14.0. The molecule has 0 atom stereocenters. The Labute approximate surface area is 165 Å². The summed E-state index contributed by atoms with van der Waals surface area (Å²) >= 11 is 0. The minimum Gasteiger partial charge on any atom is -0.481 e. The van der Waals surface area contributed by atoms with Gasteiger partial charge in [0.2, 0.25) is 11.8 Å². The van der Waals surface area contributed by atoms with Gasteiger partial charge in [-0.15, -0.1) is 0 Å². The molecule has 0 spiro atoms. The predicted octanol–water partition coefficient (Wildman–Crippen LogP) is 1.61. The highest BCUT2D eigenvalue weighted by atomic mass is 19.1. The van der Waals surface area contributed by atoms with E-state index in [9.17, 15) is 13.6 Å². The minimum atomic E-state index is -0.624. The lowest BCUT2D eigenvalue weighted by atomic mass is 10.2. The molecule has 0 radical (unpaired) electrons. The standard InChI is InChI=1S/C19H18F2N6O2/c1-29-17-8-15(25-27(17)10-12-4-2-3-5-13(12)20)18-23-9-14(21)19(24-18)26-7-6-22-16(28)11-26/h2-5,8-9H,6-7,10-11H2,1H3,(H,22,28). The zero-order valence-electron chi connectivity index (χ0n) is 15.6. The quantitative estimate of drug-likeness (QED) is 0.701. The third kappa shape index (κ3) is 3.86. The lowest BCUT2D eigenvalue weighted by molar-refractivity contribution is -0.120. The van der Waals surface area contributed by atoms with Crippen LogP contribution < -0.4 is 15.0 Å². The van der Waals surface area contributed by atoms with E-state index >= 15 is 0 Å². The topological polar surface area (TPSA) is 85.2 Å². The van der Waals surface area contributed by atoms with Crippen LogP contribution in [0.15, 0.2) is 36.5 Å². The molecule has 0 unspecified atom stereocenters. The highest BCUT2D eigenvalue weighted by Gasteiger charge is 2.23. The van der Waals surface area contributed by atoms with Gasteiger partial charge in [-0.1, -0.05) is 18.2 Å². The molecule has 3 aromatic rings. The van der Waals surface area contributed by atoms with Crippen molar-refractivity contribution >= 4 is 11.7 Å². The van der Waals surface area contributed by atoms with Gasteiger partial charge >= 0.3 is 0 Å². The number of nitrogens with zero attached hydrogens (tertiary/aromatic N) is 5. The van der Waals surface area contributed by atoms with Crippen LogP contribution in [0.3, 0.4) is 0 Å². The van der Waals surface area contributed by atoms with E-state index in [2.05, 4.69) is 20.4 Å². The lowest BCUT2D eigenvalue weighted by Gasteiger charge is -2.27. The predicted molar refractivity (Wildman–Crippen MR) is 100 cm³/mol. The summed E-state index contributed by atoms with van der Waals surface area (Å²) in [6, 6.07) is 7.97. The van der Waals surface area contributed by atoms with E-state index in [4.69, 9.17) is 4.74 Å². The molecular weight excluding hydrogens is 382 g/mol. The maximum absolute atomic E-state index is 14.3. The van der Waals surface area contributed by atoms with Crippen molar-refractivity contribution in [2.45, 2.75) is 6.54 Å². The Balaban J connectivity index is 1.66. The second-order valence-electron chi connectivity index (χ2n) is 6.46. The molecule has 0 bridgehead atoms. The summed E-state index contributed by atoms with van der Waals surface area (Å²) in [6.45, 7) is 1.00. The van der Waals surface area contributed by atoms with Crippen molar-refractivity contribution in [3.05, 3.63) is 53.7 Å². The Morgan fingerprint density at radius 2 is 2.07 bits per heavy atom. The molecule has 1 aliphatic heterocycles. The average Bonchev–Trinajstić information content (AvgIpc) is 3.13. The van der Waals surface area contributed by atoms with Gasteiger partial charge in [0.25, 0.3) is 0 Å². The number of hydrogen-bond donors (Lipinski definition) is 1. The second kappa shape index (κ2) is 7.82. The smallest absolute Gasteiger partial charge is 0.239 e. The van der Waals surface area contributed by atoms with Crippen molar-refractivity contribution in [2.75, 3.05) is 31.6 Å². The van der Waals surface area contributed by atoms with E-state index < -0.39 is 5.82 Å². The molecule has 1 saturated heterocycles. The molecule has 3 heterocycles. The highest BCUT2D eigenvalue weighted by molar-refractivity contribution is 5.82. The van der Waals surface area contributed by atoms with Gasteiger partial charge in [-0.25, -0.2) is 23.4 Å². The number of amides is 1. The van der Waals surface area contributed by atoms with Crippen LogP contribution in [0.1, 0.15) is 5.56 Å². The Morgan fingerprint density at radius 3 is 2.83 bits per heavy atom. The lowest BCUT2D eigenvalue weighted by Crippen LogP contribution is -2.48. The third-order valence-corrected chi connectivity index (χ3v) is 4.52. The molecule has 1 fully saturated rings. The summed E-state index contributed by atoms with van der Waals surface area (Å²) in [5.74, 6) is -0.580. The molecule has 2 aromatic heterocycles. The maximum atomic E-state index is 14.3. The zero-order chi connectivity index (χ0) is 20.4. The summed E-state index contributed by atoms with van der Waals surface area (Å²) in [5.41, 5.74) is 0.793. The van der Waals surface area contributed by atoms with Crippen molar-refractivity contribution in [1.29, 1.82) is 0 Å². The van der Waals surface area contributed by atoms with Crippen molar-refractivity contribution in [1.82, 2.24) is 25.1 Å². The van der Waals surface area contributed by atoms with E-state index in [1.54, 1.807) is 29.2 Å². The molecule has 1 aliphatic rings. The Kier molecular flexibility index (Phi) is 5.07. The van der Waals surface area contributed by atoms with Crippen molar-refractivity contribution in [3.8, 4) is 17.4 Å². The molecular formula is C19H18F2N6O2. The first-order chi connectivity index (χ1) is 14.0. The van der Waals surface area contributed by atoms with Gasteiger partial charge in [0.1, 0.15) is 11.5 Å². The first-order valence-electron chi connectivity index (χ1n) is 8.95. The number of anilines is 1. The summed E-state index contributed by atoms with van der Waals surface area (Å²) < 4.78 is 35.1. The van der Waals surface area contributed by atoms with Crippen LogP contribution in [0, 0.1) is 11.6 Å². The number of methoxy groups -OCH3 is 1. The average molecular weight is 400 g/mol. The van der Waals surface area contributed by atoms with Gasteiger partial charge in [0, 0.05) is 24.7 Å². The number of hydrogen-bond acceptors (Lipinski definition) is 6. The Morgan fingerprint density at radius 1 is 1.24 bits per heavy atom. The molecule has 29 heavy (non-hydrogen) atoms. The first-order valence-corrected chi connectivity index (χ1v) is 8.95. The number of rotatable bonds is 5. The van der Waals surface area contributed by atoms with Gasteiger partial charge in [-0.05, 0) is 6.07 Å². The van der Waals surface area contributed by atoms with Gasteiger partial charge in [0.15, 0.2) is 17.5 Å². The monoisotopic (exact) mass is 400 g/mol. The Bertz CT molecular complexity index is 1050. The summed E-state index contributed by atoms with van der Waals surface area (Å²) in [7, 11) is 1.47. The third-order valence-electron chi connectivity index (χ3n) is 4.52. The van der Waals surface area contributed by atoms with Crippen LogP contribution in [-0.2, 0) is 11.3 Å². The van der Waals surface area contributed by atoms with Gasteiger partial charge in [-0.2, -0.15) is 5.10 Å². The van der Waals surface area contributed by atoms with Crippen LogP contribution in [0.25, 0.3) is 11.5 Å². The van der Waals surface area contributed by atoms with Crippen molar-refractivity contribution in [2.24, 2.45) is 0 Å². The fourth-order valence-electron chi connectivity index (χ4n) is 3.10. The summed E-state index contributed by atoms with van der Waals surface area (Å²) in [5, 5.41) is 7.08. The summed E-state index contributed by atoms with van der Waals surface area (Å²) in [4.78, 5) is 21.5. The van der Waals surface area contributed by atoms with Crippen molar-refractivity contribution in [3.63, 3.8) is 0 Å². The molecule has 1 N–H and O–H groups in total. The second-order valence-corrected chi connectivity index (χ2v) is 6.46. The van der Waals surface area contributed by atoms with E-state index in [0.717, 1.165) is 6.20 Å². The van der Waals surface area contributed by atoms with E-state index in [0.29, 0.717) is 30.2 Å². The largest absolute Gasteiger partial charge is 0.481 e. The number of benzene rings is 1. The van der Waals surface area contributed by atoms with Crippen LogP contribution in [-0.4, -0.2) is 52.4 Å². The fourth-order valence-corrected chi connectivity index (χ4v) is 3.10. The zero-order valence-corrected chi connectivity index (χ0v) is 15.6. The molecule has 1 aromatic carbocycles. The first kappa shape index (κ1) is 18.8. The number of ether oxygens (including phenoxy) is 1. The van der Waals surface area contributed by atoms with Gasteiger partial charge < -0.3 is 15.0 Å². The Hall–Kier alpha value is -3.56. The number of aromatic nitrogens is 4. The van der Waals surface area contributed by atoms with Crippen LogP contribution in [0.2, 0.25) is 0 Å². The fraction of sp³-hybridized carbons (Fsp3) is 0.263. The van der Waals surface area contributed by atoms with E-state index in [1.165, 1.54) is 17.9 Å². The van der Waals surface area contributed by atoms with E-state index in [1.807, 2.05) is 0 Å². The molecule has 1 amide bonds. The van der Waals surface area contributed by atoms with Gasteiger partial charge in [0.05, 0.1) is 26.4 Å². The van der Waals surface area contributed by atoms with Crippen LogP contribution >= 0.6 is 0 Å². The minimum absolute atomic E-state index is 0.0123. The van der Waals surface area contributed by atoms with Crippen LogP contribution in [0.5, 0.6) is 5.88 Å². The molecule has 4 rings (SSSR count). The number of piperazine rings is 1. The molecule has 0 saturated carbocycles. The maximum Gasteiger partial charge on any atom is 0.239 e. The molecule has 150 valence electrons. The number of halogens is 2. The van der Waals surface area contributed by atoms with Gasteiger partial charge in [-0.3, -0.25) is 4.79 Å². The SMILES string of the molecule is COc1cc(-c2ncc(F)c(N3CCNC(=O)C3)n2)nn1Cc1ccccc1F.